The van der Waals surface area contributed by atoms with E-state index in [9.17, 15) is 9.90 Å². The molecule has 0 saturated carbocycles. The monoisotopic (exact) mass is 500 g/mol. The van der Waals surface area contributed by atoms with Crippen LogP contribution in [0.5, 0.6) is 0 Å². The third kappa shape index (κ3) is 22.2. The number of carboxylic acid groups (broad SMARTS) is 1. The zero-order valence-corrected chi connectivity index (χ0v) is 23.9. The number of hydrogen-bond acceptors (Lipinski definition) is 4. The van der Waals surface area contributed by atoms with Gasteiger partial charge in [-0.15, -0.1) is 0 Å². The van der Waals surface area contributed by atoms with Crippen LogP contribution >= 0.6 is 11.8 Å². The van der Waals surface area contributed by atoms with E-state index in [1.165, 1.54) is 116 Å². The van der Waals surface area contributed by atoms with Gasteiger partial charge >= 0.3 is 5.97 Å². The number of thioether (sulfide) groups is 1. The Morgan fingerprint density at radius 3 is 1.35 bits per heavy atom. The second-order valence-corrected chi connectivity index (χ2v) is 11.3. The molecule has 0 bridgehead atoms. The van der Waals surface area contributed by atoms with Gasteiger partial charge in [0.25, 0.3) is 0 Å². The number of unbranched alkanes of at least 4 members (excludes halogenated alkanes) is 18. The summed E-state index contributed by atoms with van der Waals surface area (Å²) in [5.41, 5.74) is 5.63. The van der Waals surface area contributed by atoms with Gasteiger partial charge in [-0.05, 0) is 25.9 Å². The first-order valence-electron chi connectivity index (χ1n) is 14.9. The molecule has 0 radical (unpaired) electrons. The lowest BCUT2D eigenvalue weighted by Gasteiger charge is -2.29. The molecule has 1 atom stereocenters. The molecule has 34 heavy (non-hydrogen) atoms. The quantitative estimate of drug-likeness (QED) is 0.106. The standard InChI is InChI=1S/C29H60N2O2S/c1-3-5-7-9-11-13-15-17-19-21-24-31(28(29(32)33)27-34-26-23-30)25-22-20-18-16-14-12-10-8-6-4-2/h28H,3-27,30H2,1-2H3,(H,32,33)/t28-/m0/s1. The third-order valence-electron chi connectivity index (χ3n) is 6.86. The summed E-state index contributed by atoms with van der Waals surface area (Å²) in [6.45, 7) is 7.01. The molecule has 0 saturated heterocycles. The van der Waals surface area contributed by atoms with Crippen LogP contribution in [-0.2, 0) is 4.79 Å². The van der Waals surface area contributed by atoms with Crippen molar-refractivity contribution >= 4 is 17.7 Å². The maximum Gasteiger partial charge on any atom is 0.321 e. The number of carbonyl (C=O) groups is 1. The highest BCUT2D eigenvalue weighted by molar-refractivity contribution is 7.99. The highest BCUT2D eigenvalue weighted by atomic mass is 32.2. The lowest BCUT2D eigenvalue weighted by atomic mass is 10.1. The maximum atomic E-state index is 12.0. The highest BCUT2D eigenvalue weighted by Gasteiger charge is 2.24. The van der Waals surface area contributed by atoms with Gasteiger partial charge in [0.15, 0.2) is 0 Å². The van der Waals surface area contributed by atoms with Crippen LogP contribution in [0.1, 0.15) is 142 Å². The molecule has 0 aromatic rings. The minimum atomic E-state index is -0.663. The molecule has 0 aromatic carbocycles. The minimum absolute atomic E-state index is 0.367. The van der Waals surface area contributed by atoms with E-state index < -0.39 is 5.97 Å². The fraction of sp³-hybridized carbons (Fsp3) is 0.966. The molecule has 0 fully saturated rings. The van der Waals surface area contributed by atoms with Crippen molar-refractivity contribution in [2.45, 2.75) is 148 Å². The molecule has 0 unspecified atom stereocenters. The summed E-state index contributed by atoms with van der Waals surface area (Å²) in [6.07, 6.45) is 26.4. The smallest absolute Gasteiger partial charge is 0.321 e. The zero-order chi connectivity index (χ0) is 25.1. The lowest BCUT2D eigenvalue weighted by molar-refractivity contribution is -0.142. The molecule has 0 aliphatic heterocycles. The van der Waals surface area contributed by atoms with E-state index in [0.717, 1.165) is 31.7 Å². The van der Waals surface area contributed by atoms with Crippen molar-refractivity contribution in [2.24, 2.45) is 5.73 Å². The van der Waals surface area contributed by atoms with Gasteiger partial charge in [-0.25, -0.2) is 0 Å². The number of nitrogens with zero attached hydrogens (tertiary/aromatic N) is 1. The Labute approximate surface area is 217 Å². The van der Waals surface area contributed by atoms with Crippen LogP contribution in [0.2, 0.25) is 0 Å². The Balaban J connectivity index is 4.18. The highest BCUT2D eigenvalue weighted by Crippen LogP contribution is 2.16. The van der Waals surface area contributed by atoms with Crippen molar-refractivity contribution < 1.29 is 9.90 Å². The van der Waals surface area contributed by atoms with E-state index in [-0.39, 0.29) is 6.04 Å². The Morgan fingerprint density at radius 1 is 0.676 bits per heavy atom. The van der Waals surface area contributed by atoms with E-state index in [0.29, 0.717) is 12.3 Å². The average Bonchev–Trinajstić information content (AvgIpc) is 2.83. The van der Waals surface area contributed by atoms with Crippen molar-refractivity contribution in [1.82, 2.24) is 4.90 Å². The second-order valence-electron chi connectivity index (χ2n) is 10.1. The summed E-state index contributed by atoms with van der Waals surface area (Å²) in [6, 6.07) is -0.367. The van der Waals surface area contributed by atoms with Crippen molar-refractivity contribution in [3.05, 3.63) is 0 Å². The predicted molar refractivity (Wildman–Crippen MR) is 153 cm³/mol. The maximum absolute atomic E-state index is 12.0. The van der Waals surface area contributed by atoms with Crippen molar-refractivity contribution in [3.8, 4) is 0 Å². The molecule has 0 aliphatic rings. The van der Waals surface area contributed by atoms with E-state index >= 15 is 0 Å². The summed E-state index contributed by atoms with van der Waals surface area (Å²) in [4.78, 5) is 14.3. The van der Waals surface area contributed by atoms with Crippen LogP contribution in [0.4, 0.5) is 0 Å². The summed E-state index contributed by atoms with van der Waals surface area (Å²) in [7, 11) is 0. The second kappa shape index (κ2) is 27.3. The molecule has 0 heterocycles. The van der Waals surface area contributed by atoms with Gasteiger partial charge in [0, 0.05) is 18.1 Å². The number of aliphatic carboxylic acids is 1. The SMILES string of the molecule is CCCCCCCCCCCCN(CCCCCCCCCCCC)[C@@H](CSCCN)C(=O)O. The van der Waals surface area contributed by atoms with Crippen LogP contribution in [0.25, 0.3) is 0 Å². The minimum Gasteiger partial charge on any atom is -0.480 e. The molecule has 0 amide bonds. The van der Waals surface area contributed by atoms with Crippen LogP contribution < -0.4 is 5.73 Å². The van der Waals surface area contributed by atoms with E-state index in [2.05, 4.69) is 18.7 Å². The van der Waals surface area contributed by atoms with Gasteiger partial charge in [0.2, 0.25) is 0 Å². The Bertz CT molecular complexity index is 399. The van der Waals surface area contributed by atoms with E-state index in [1.54, 1.807) is 11.8 Å². The molecule has 0 aliphatic carbocycles. The molecule has 3 N–H and O–H groups in total. The number of carboxylic acids is 1. The van der Waals surface area contributed by atoms with Gasteiger partial charge in [0.05, 0.1) is 0 Å². The Hall–Kier alpha value is -0.260. The summed E-state index contributed by atoms with van der Waals surface area (Å²) < 4.78 is 0. The normalized spacial score (nSPS) is 12.5. The zero-order valence-electron chi connectivity index (χ0n) is 23.0. The van der Waals surface area contributed by atoms with Gasteiger partial charge in [0.1, 0.15) is 6.04 Å². The van der Waals surface area contributed by atoms with Crippen LogP contribution in [0.15, 0.2) is 0 Å². The first kappa shape index (κ1) is 33.7. The third-order valence-corrected chi connectivity index (χ3v) is 7.94. The van der Waals surface area contributed by atoms with Crippen LogP contribution in [0.3, 0.4) is 0 Å². The molecular weight excluding hydrogens is 440 g/mol. The fourth-order valence-electron chi connectivity index (χ4n) is 4.64. The molecular formula is C29H60N2O2S. The topological polar surface area (TPSA) is 66.6 Å². The Kier molecular flexibility index (Phi) is 27.1. The van der Waals surface area contributed by atoms with E-state index in [4.69, 9.17) is 5.73 Å². The van der Waals surface area contributed by atoms with Crippen molar-refractivity contribution in [3.63, 3.8) is 0 Å². The first-order valence-corrected chi connectivity index (χ1v) is 16.1. The van der Waals surface area contributed by atoms with Gasteiger partial charge in [-0.2, -0.15) is 11.8 Å². The van der Waals surface area contributed by atoms with Gasteiger partial charge in [-0.1, -0.05) is 129 Å². The molecule has 0 aromatic heterocycles. The van der Waals surface area contributed by atoms with Crippen molar-refractivity contribution in [2.75, 3.05) is 31.1 Å². The summed E-state index contributed by atoms with van der Waals surface area (Å²) in [5.74, 6) is 0.833. The predicted octanol–water partition coefficient (Wildman–Crippen LogP) is 8.28. The van der Waals surface area contributed by atoms with Crippen LogP contribution in [-0.4, -0.2) is 53.2 Å². The van der Waals surface area contributed by atoms with Gasteiger partial charge in [-0.3, -0.25) is 9.69 Å². The molecule has 5 heteroatoms. The summed E-state index contributed by atoms with van der Waals surface area (Å²) >= 11 is 1.69. The lowest BCUT2D eigenvalue weighted by Crippen LogP contribution is -2.44. The Morgan fingerprint density at radius 2 is 1.03 bits per heavy atom. The van der Waals surface area contributed by atoms with Crippen molar-refractivity contribution in [1.29, 1.82) is 0 Å². The largest absolute Gasteiger partial charge is 0.480 e. The van der Waals surface area contributed by atoms with Crippen LogP contribution in [0, 0.1) is 0 Å². The van der Waals surface area contributed by atoms with E-state index in [1.807, 2.05) is 0 Å². The van der Waals surface area contributed by atoms with Gasteiger partial charge < -0.3 is 10.8 Å². The number of rotatable bonds is 28. The fourth-order valence-corrected chi connectivity index (χ4v) is 5.55. The molecule has 0 spiro atoms. The molecule has 204 valence electrons. The summed E-state index contributed by atoms with van der Waals surface area (Å²) in [5, 5.41) is 9.88. The molecule has 0 rings (SSSR count). The first-order chi connectivity index (χ1) is 16.7. The number of hydrogen-bond donors (Lipinski definition) is 2. The molecule has 4 nitrogen and oxygen atoms in total. The number of nitrogens with two attached hydrogens (primary N) is 1. The average molecular weight is 501 g/mol.